The standard InChI is InChI=1S/C22H29N7/c23-16-10-13-28(14-11-16)29-21(17-7-4-12-25-20(17)24)27-19-9-8-18(26-22(19)29)15-5-2-1-3-6-15/h4,7-9,12,15-16H,1-3,5-6,10-11,13-14,23H2,(H2,24,25). The van der Waals surface area contributed by atoms with E-state index in [1.165, 1.54) is 37.8 Å². The first-order chi connectivity index (χ1) is 14.2. The highest BCUT2D eigenvalue weighted by atomic mass is 15.6. The van der Waals surface area contributed by atoms with Crippen molar-refractivity contribution in [3.63, 3.8) is 0 Å². The average Bonchev–Trinajstić information content (AvgIpc) is 3.14. The molecular formula is C22H29N7. The first kappa shape index (κ1) is 18.4. The number of hydrogen-bond donors (Lipinski definition) is 2. The quantitative estimate of drug-likeness (QED) is 0.711. The third-order valence-electron chi connectivity index (χ3n) is 6.41. The van der Waals surface area contributed by atoms with E-state index in [1.54, 1.807) is 6.20 Å². The summed E-state index contributed by atoms with van der Waals surface area (Å²) in [4.78, 5) is 14.3. The molecule has 3 aromatic heterocycles. The van der Waals surface area contributed by atoms with Gasteiger partial charge in [-0.2, -0.15) is 0 Å². The molecule has 1 aliphatic heterocycles. The molecule has 152 valence electrons. The Labute approximate surface area is 171 Å². The first-order valence-corrected chi connectivity index (χ1v) is 10.8. The van der Waals surface area contributed by atoms with Crippen LogP contribution in [0.15, 0.2) is 30.5 Å². The number of fused-ring (bicyclic) bond motifs is 1. The summed E-state index contributed by atoms with van der Waals surface area (Å²) in [6, 6.07) is 8.44. The molecule has 5 rings (SSSR count). The lowest BCUT2D eigenvalue weighted by Gasteiger charge is -2.33. The molecule has 0 spiro atoms. The number of aromatic nitrogens is 4. The minimum atomic E-state index is 0.263. The number of pyridine rings is 2. The molecule has 7 heteroatoms. The van der Waals surface area contributed by atoms with Gasteiger partial charge in [0.25, 0.3) is 0 Å². The molecule has 1 aliphatic carbocycles. The van der Waals surface area contributed by atoms with Gasteiger partial charge in [0.05, 0.1) is 5.56 Å². The maximum atomic E-state index is 6.22. The summed E-state index contributed by atoms with van der Waals surface area (Å²) in [5.41, 5.74) is 16.2. The molecule has 3 aromatic rings. The Kier molecular flexibility index (Phi) is 4.83. The second kappa shape index (κ2) is 7.63. The Bertz CT molecular complexity index is 998. The molecule has 2 fully saturated rings. The first-order valence-electron chi connectivity index (χ1n) is 10.8. The third kappa shape index (κ3) is 3.44. The molecule has 0 radical (unpaired) electrons. The van der Waals surface area contributed by atoms with Gasteiger partial charge in [-0.05, 0) is 49.9 Å². The van der Waals surface area contributed by atoms with Gasteiger partial charge in [-0.25, -0.2) is 19.6 Å². The largest absolute Gasteiger partial charge is 0.383 e. The highest BCUT2D eigenvalue weighted by Crippen LogP contribution is 2.34. The number of nitrogen functional groups attached to an aromatic ring is 1. The van der Waals surface area contributed by atoms with Crippen LogP contribution in [-0.2, 0) is 0 Å². The summed E-state index contributed by atoms with van der Waals surface area (Å²) < 4.78 is 2.17. The molecule has 0 unspecified atom stereocenters. The molecule has 0 amide bonds. The second-order valence-electron chi connectivity index (χ2n) is 8.39. The van der Waals surface area contributed by atoms with E-state index in [2.05, 4.69) is 26.8 Å². The van der Waals surface area contributed by atoms with Crippen molar-refractivity contribution in [2.45, 2.75) is 56.9 Å². The van der Waals surface area contributed by atoms with Gasteiger partial charge < -0.3 is 16.5 Å². The number of nitrogens with two attached hydrogens (primary N) is 2. The van der Waals surface area contributed by atoms with E-state index in [0.717, 1.165) is 48.5 Å². The number of piperidine rings is 1. The average molecular weight is 392 g/mol. The van der Waals surface area contributed by atoms with Crippen molar-refractivity contribution in [2.24, 2.45) is 5.73 Å². The topological polar surface area (TPSA) is 98.9 Å². The summed E-state index contributed by atoms with van der Waals surface area (Å²) in [6.07, 6.45) is 10.0. The van der Waals surface area contributed by atoms with E-state index in [4.69, 9.17) is 21.4 Å². The maximum absolute atomic E-state index is 6.22. The van der Waals surface area contributed by atoms with Crippen molar-refractivity contribution in [3.8, 4) is 11.4 Å². The minimum Gasteiger partial charge on any atom is -0.383 e. The summed E-state index contributed by atoms with van der Waals surface area (Å²) in [5.74, 6) is 1.86. The predicted octanol–water partition coefficient (Wildman–Crippen LogP) is 3.18. The number of hydrogen-bond acceptors (Lipinski definition) is 6. The molecule has 7 nitrogen and oxygen atoms in total. The fourth-order valence-electron chi connectivity index (χ4n) is 4.72. The van der Waals surface area contributed by atoms with Gasteiger partial charge in [0, 0.05) is 36.9 Å². The summed E-state index contributed by atoms with van der Waals surface area (Å²) in [7, 11) is 0. The van der Waals surface area contributed by atoms with E-state index in [1.807, 2.05) is 12.1 Å². The fraction of sp³-hybridized carbons (Fsp3) is 0.500. The van der Waals surface area contributed by atoms with Crippen LogP contribution >= 0.6 is 0 Å². The molecule has 0 bridgehead atoms. The van der Waals surface area contributed by atoms with Gasteiger partial charge in [0.15, 0.2) is 11.5 Å². The molecule has 4 heterocycles. The fourth-order valence-corrected chi connectivity index (χ4v) is 4.72. The van der Waals surface area contributed by atoms with Crippen LogP contribution < -0.4 is 16.5 Å². The lowest BCUT2D eigenvalue weighted by atomic mass is 9.87. The zero-order chi connectivity index (χ0) is 19.8. The van der Waals surface area contributed by atoms with Crippen LogP contribution in [0, 0.1) is 0 Å². The van der Waals surface area contributed by atoms with Gasteiger partial charge in [-0.3, -0.25) is 0 Å². The zero-order valence-corrected chi connectivity index (χ0v) is 16.8. The molecule has 1 saturated carbocycles. The van der Waals surface area contributed by atoms with E-state index < -0.39 is 0 Å². The van der Waals surface area contributed by atoms with Gasteiger partial charge in [-0.1, -0.05) is 19.3 Å². The molecular weight excluding hydrogens is 362 g/mol. The lowest BCUT2D eigenvalue weighted by molar-refractivity contribution is 0.432. The van der Waals surface area contributed by atoms with Gasteiger partial charge >= 0.3 is 0 Å². The van der Waals surface area contributed by atoms with Crippen LogP contribution in [0.5, 0.6) is 0 Å². The zero-order valence-electron chi connectivity index (χ0n) is 16.8. The SMILES string of the molecule is Nc1ncccc1-c1nc2ccc(C3CCCCC3)nc2n1N1CCC(N)CC1. The Morgan fingerprint density at radius 1 is 0.931 bits per heavy atom. The van der Waals surface area contributed by atoms with E-state index >= 15 is 0 Å². The van der Waals surface area contributed by atoms with E-state index in [-0.39, 0.29) is 6.04 Å². The van der Waals surface area contributed by atoms with Gasteiger partial charge in [-0.15, -0.1) is 0 Å². The van der Waals surface area contributed by atoms with Crippen LogP contribution in [0.25, 0.3) is 22.6 Å². The minimum absolute atomic E-state index is 0.263. The number of nitrogens with zero attached hydrogens (tertiary/aromatic N) is 5. The van der Waals surface area contributed by atoms with Gasteiger partial charge in [0.1, 0.15) is 11.3 Å². The van der Waals surface area contributed by atoms with Crippen LogP contribution in [0.3, 0.4) is 0 Å². The van der Waals surface area contributed by atoms with Crippen LogP contribution in [-0.4, -0.2) is 38.8 Å². The van der Waals surface area contributed by atoms with Crippen molar-refractivity contribution in [3.05, 3.63) is 36.2 Å². The van der Waals surface area contributed by atoms with E-state index in [0.29, 0.717) is 11.7 Å². The maximum Gasteiger partial charge on any atom is 0.179 e. The molecule has 0 atom stereocenters. The Morgan fingerprint density at radius 3 is 2.48 bits per heavy atom. The molecule has 2 aliphatic rings. The molecule has 29 heavy (non-hydrogen) atoms. The summed E-state index contributed by atoms with van der Waals surface area (Å²) >= 11 is 0. The monoisotopic (exact) mass is 391 g/mol. The Hall–Kier alpha value is -2.67. The highest BCUT2D eigenvalue weighted by Gasteiger charge is 2.25. The van der Waals surface area contributed by atoms with Crippen LogP contribution in [0.4, 0.5) is 5.82 Å². The van der Waals surface area contributed by atoms with Crippen LogP contribution in [0.2, 0.25) is 0 Å². The van der Waals surface area contributed by atoms with Crippen molar-refractivity contribution in [1.82, 2.24) is 19.6 Å². The summed E-state index contributed by atoms with van der Waals surface area (Å²) in [6.45, 7) is 1.77. The Morgan fingerprint density at radius 2 is 1.72 bits per heavy atom. The lowest BCUT2D eigenvalue weighted by Crippen LogP contribution is -2.46. The van der Waals surface area contributed by atoms with Crippen LogP contribution in [0.1, 0.15) is 56.6 Å². The molecule has 1 saturated heterocycles. The third-order valence-corrected chi connectivity index (χ3v) is 6.41. The van der Waals surface area contributed by atoms with Crippen molar-refractivity contribution < 1.29 is 0 Å². The Balaban J connectivity index is 1.65. The number of imidazole rings is 1. The smallest absolute Gasteiger partial charge is 0.179 e. The number of anilines is 1. The van der Waals surface area contributed by atoms with Gasteiger partial charge in [0.2, 0.25) is 0 Å². The van der Waals surface area contributed by atoms with Crippen molar-refractivity contribution in [1.29, 1.82) is 0 Å². The van der Waals surface area contributed by atoms with Crippen molar-refractivity contribution >= 4 is 17.0 Å². The molecule has 0 aromatic carbocycles. The number of rotatable bonds is 3. The van der Waals surface area contributed by atoms with E-state index in [9.17, 15) is 0 Å². The summed E-state index contributed by atoms with van der Waals surface area (Å²) in [5, 5.41) is 2.32. The highest BCUT2D eigenvalue weighted by molar-refractivity contribution is 5.81. The second-order valence-corrected chi connectivity index (χ2v) is 8.39. The molecule has 4 N–H and O–H groups in total. The normalized spacial score (nSPS) is 19.1. The van der Waals surface area contributed by atoms with Crippen molar-refractivity contribution in [2.75, 3.05) is 23.8 Å². The predicted molar refractivity (Wildman–Crippen MR) is 116 cm³/mol.